The first-order chi connectivity index (χ1) is 10.0. The molecular formula is C15H13NO5. The fourth-order valence-corrected chi connectivity index (χ4v) is 1.80. The molecule has 0 aliphatic heterocycles. The Morgan fingerprint density at radius 1 is 1.24 bits per heavy atom. The molecule has 21 heavy (non-hydrogen) atoms. The summed E-state index contributed by atoms with van der Waals surface area (Å²) in [6.07, 6.45) is 1.09. The molecule has 0 fully saturated rings. The minimum Gasteiger partial charge on any atom is -0.482 e. The highest BCUT2D eigenvalue weighted by molar-refractivity contribution is 5.96. The number of benzene rings is 1. The van der Waals surface area contributed by atoms with Crippen molar-refractivity contribution in [2.75, 3.05) is 0 Å². The quantitative estimate of drug-likeness (QED) is 0.818. The molecule has 0 unspecified atom stereocenters. The van der Waals surface area contributed by atoms with Crippen LogP contribution < -0.4 is 10.2 Å². The fourth-order valence-electron chi connectivity index (χ4n) is 1.80. The van der Waals surface area contributed by atoms with Gasteiger partial charge in [0.15, 0.2) is 17.2 Å². The highest BCUT2D eigenvalue weighted by Crippen LogP contribution is 2.14. The number of carboxylic acids is 1. The first-order valence-electron chi connectivity index (χ1n) is 6.17. The van der Waals surface area contributed by atoms with Crippen molar-refractivity contribution in [3.63, 3.8) is 0 Å². The van der Waals surface area contributed by atoms with Crippen molar-refractivity contribution in [1.29, 1.82) is 0 Å². The Morgan fingerprint density at radius 2 is 1.90 bits per heavy atom. The molecule has 2 N–H and O–H groups in total. The first kappa shape index (κ1) is 14.5. The van der Waals surface area contributed by atoms with Gasteiger partial charge in [-0.25, -0.2) is 4.79 Å². The zero-order chi connectivity index (χ0) is 15.4. The molecule has 0 saturated heterocycles. The number of H-pyrrole nitrogens is 1. The molecule has 6 nitrogen and oxygen atoms in total. The van der Waals surface area contributed by atoms with E-state index < -0.39 is 17.2 Å². The Morgan fingerprint density at radius 3 is 2.48 bits per heavy atom. The van der Waals surface area contributed by atoms with Gasteiger partial charge in [0.2, 0.25) is 5.43 Å². The molecule has 0 bridgehead atoms. The van der Waals surface area contributed by atoms with Crippen LogP contribution in [0.4, 0.5) is 0 Å². The number of rotatable bonds is 5. The summed E-state index contributed by atoms with van der Waals surface area (Å²) in [5.74, 6) is -2.15. The summed E-state index contributed by atoms with van der Waals surface area (Å²) >= 11 is 0. The van der Waals surface area contributed by atoms with Crippen molar-refractivity contribution in [1.82, 2.24) is 4.98 Å². The van der Waals surface area contributed by atoms with Crippen LogP contribution in [0.15, 0.2) is 41.3 Å². The summed E-state index contributed by atoms with van der Waals surface area (Å²) in [7, 11) is 0. The lowest BCUT2D eigenvalue weighted by Crippen LogP contribution is -2.21. The zero-order valence-electron chi connectivity index (χ0n) is 11.3. The molecule has 1 heterocycles. The lowest BCUT2D eigenvalue weighted by Gasteiger charge is -2.09. The highest BCUT2D eigenvalue weighted by Gasteiger charge is 2.20. The Kier molecular flexibility index (Phi) is 4.18. The number of nitrogens with one attached hydrogen (secondary N) is 1. The predicted molar refractivity (Wildman–Crippen MR) is 74.8 cm³/mol. The number of Topliss-reactive ketones (excluding diaryl/α,β-unsaturated/α-hetero) is 1. The average molecular weight is 287 g/mol. The molecule has 6 heteroatoms. The minimum atomic E-state index is -1.33. The van der Waals surface area contributed by atoms with Gasteiger partial charge in [0.25, 0.3) is 0 Å². The van der Waals surface area contributed by atoms with Crippen molar-refractivity contribution in [3.05, 3.63) is 63.6 Å². The molecular weight excluding hydrogens is 274 g/mol. The molecule has 1 aromatic heterocycles. The Bertz CT molecular complexity index is 733. The van der Waals surface area contributed by atoms with Crippen LogP contribution in [0.3, 0.4) is 0 Å². The van der Waals surface area contributed by atoms with Crippen LogP contribution in [-0.4, -0.2) is 21.8 Å². The number of ketones is 1. The largest absolute Gasteiger partial charge is 0.482 e. The Balaban J connectivity index is 2.40. The van der Waals surface area contributed by atoms with Gasteiger partial charge in [-0.05, 0) is 12.5 Å². The molecule has 0 amide bonds. The van der Waals surface area contributed by atoms with E-state index in [1.807, 2.05) is 6.07 Å². The maximum absolute atomic E-state index is 12.1. The normalized spacial score (nSPS) is 10.1. The number of pyridine rings is 1. The van der Waals surface area contributed by atoms with Crippen LogP contribution in [0.1, 0.15) is 33.3 Å². The van der Waals surface area contributed by atoms with Gasteiger partial charge in [0.05, 0.1) is 5.56 Å². The number of carbonyl (C=O) groups is 2. The molecule has 0 atom stereocenters. The van der Waals surface area contributed by atoms with Crippen molar-refractivity contribution in [2.24, 2.45) is 0 Å². The maximum atomic E-state index is 12.1. The van der Waals surface area contributed by atoms with Gasteiger partial charge < -0.3 is 14.8 Å². The van der Waals surface area contributed by atoms with Crippen LogP contribution in [0.25, 0.3) is 0 Å². The summed E-state index contributed by atoms with van der Waals surface area (Å²) in [4.78, 5) is 37.0. The molecule has 0 aliphatic rings. The van der Waals surface area contributed by atoms with Crippen LogP contribution in [0.5, 0.6) is 5.75 Å². The van der Waals surface area contributed by atoms with E-state index in [0.717, 1.165) is 11.8 Å². The van der Waals surface area contributed by atoms with Crippen LogP contribution in [0, 0.1) is 0 Å². The summed E-state index contributed by atoms with van der Waals surface area (Å²) in [6, 6.07) is 8.99. The molecule has 2 rings (SSSR count). The van der Waals surface area contributed by atoms with Gasteiger partial charge in [-0.15, -0.1) is 0 Å². The van der Waals surface area contributed by atoms with Crippen LogP contribution in [0.2, 0.25) is 0 Å². The second-order valence-corrected chi connectivity index (χ2v) is 4.37. The van der Waals surface area contributed by atoms with Gasteiger partial charge in [-0.2, -0.15) is 0 Å². The van der Waals surface area contributed by atoms with E-state index in [1.54, 1.807) is 24.3 Å². The van der Waals surface area contributed by atoms with E-state index in [1.165, 1.54) is 6.92 Å². The second-order valence-electron chi connectivity index (χ2n) is 4.37. The topological polar surface area (TPSA) is 96.5 Å². The number of ether oxygens (including phenoxy) is 1. The van der Waals surface area contributed by atoms with Gasteiger partial charge >= 0.3 is 5.97 Å². The molecule has 2 aromatic rings. The van der Waals surface area contributed by atoms with E-state index in [2.05, 4.69) is 4.98 Å². The van der Waals surface area contributed by atoms with Crippen molar-refractivity contribution >= 4 is 11.8 Å². The maximum Gasteiger partial charge on any atom is 0.356 e. The number of hydrogen-bond donors (Lipinski definition) is 2. The molecule has 0 saturated carbocycles. The van der Waals surface area contributed by atoms with Crippen molar-refractivity contribution in [3.8, 4) is 5.75 Å². The van der Waals surface area contributed by atoms with Crippen molar-refractivity contribution < 1.29 is 19.4 Å². The lowest BCUT2D eigenvalue weighted by atomic mass is 10.1. The van der Waals surface area contributed by atoms with E-state index in [4.69, 9.17) is 9.84 Å². The number of aromatic nitrogens is 1. The van der Waals surface area contributed by atoms with E-state index in [9.17, 15) is 14.4 Å². The van der Waals surface area contributed by atoms with E-state index in [0.29, 0.717) is 0 Å². The molecule has 1 aromatic carbocycles. The van der Waals surface area contributed by atoms with Gasteiger partial charge in [0, 0.05) is 6.20 Å². The molecule has 0 radical (unpaired) electrons. The number of carboxylic acid groups (broad SMARTS) is 1. The minimum absolute atomic E-state index is 0.0333. The third-order valence-corrected chi connectivity index (χ3v) is 2.86. The second kappa shape index (κ2) is 6.04. The van der Waals surface area contributed by atoms with Gasteiger partial charge in [0.1, 0.15) is 6.61 Å². The van der Waals surface area contributed by atoms with Gasteiger partial charge in [-0.1, -0.05) is 30.3 Å². The Labute approximate surface area is 120 Å². The molecule has 108 valence electrons. The number of aromatic carboxylic acids is 1. The number of carbonyl (C=O) groups excluding carboxylic acids is 1. The van der Waals surface area contributed by atoms with E-state index >= 15 is 0 Å². The third-order valence-electron chi connectivity index (χ3n) is 2.86. The molecule has 0 aliphatic carbocycles. The fraction of sp³-hybridized carbons (Fsp3) is 0.133. The number of hydrogen-bond acceptors (Lipinski definition) is 4. The SMILES string of the molecule is CC(=O)c1c[nH]c(C(=O)O)c(OCc2ccccc2)c1=O. The van der Waals surface area contributed by atoms with Crippen LogP contribution in [-0.2, 0) is 6.61 Å². The predicted octanol–water partition coefficient (Wildman–Crippen LogP) is 1.85. The lowest BCUT2D eigenvalue weighted by molar-refractivity contribution is 0.0683. The molecule has 0 spiro atoms. The highest BCUT2D eigenvalue weighted by atomic mass is 16.5. The summed E-state index contributed by atoms with van der Waals surface area (Å²) < 4.78 is 5.33. The first-order valence-corrected chi connectivity index (χ1v) is 6.17. The standard InChI is InChI=1S/C15H13NO5/c1-9(17)11-7-16-12(15(19)20)14(13(11)18)21-8-10-5-3-2-4-6-10/h2-7H,8H2,1H3,(H,16,18)(H,19,20). The third kappa shape index (κ3) is 3.17. The summed E-state index contributed by atoms with van der Waals surface area (Å²) in [6.45, 7) is 1.26. The Hall–Kier alpha value is -2.89. The van der Waals surface area contributed by atoms with E-state index in [-0.39, 0.29) is 23.6 Å². The number of aromatic amines is 1. The summed E-state index contributed by atoms with van der Waals surface area (Å²) in [5, 5.41) is 9.08. The van der Waals surface area contributed by atoms with Crippen molar-refractivity contribution in [2.45, 2.75) is 13.5 Å². The zero-order valence-corrected chi connectivity index (χ0v) is 11.3. The van der Waals surface area contributed by atoms with Gasteiger partial charge in [-0.3, -0.25) is 9.59 Å². The van der Waals surface area contributed by atoms with Crippen LogP contribution >= 0.6 is 0 Å². The smallest absolute Gasteiger partial charge is 0.356 e. The monoisotopic (exact) mass is 287 g/mol. The average Bonchev–Trinajstić information content (AvgIpc) is 2.46. The summed E-state index contributed by atoms with van der Waals surface area (Å²) in [5.41, 5.74) is -0.458.